The number of allylic oxidation sites excluding steroid dienone is 1. The Morgan fingerprint density at radius 3 is 2.28 bits per heavy atom. The van der Waals surface area contributed by atoms with Crippen LogP contribution in [0, 0.1) is 5.82 Å². The molecule has 2 heterocycles. The van der Waals surface area contributed by atoms with E-state index in [0.717, 1.165) is 22.4 Å². The van der Waals surface area contributed by atoms with Gasteiger partial charge in [-0.25, -0.2) is 9.07 Å². The van der Waals surface area contributed by atoms with E-state index in [1.54, 1.807) is 12.1 Å². The molecule has 142 valence electrons. The second kappa shape index (κ2) is 7.18. The Bertz CT molecular complexity index is 1180. The first-order valence-electron chi connectivity index (χ1n) is 9.19. The van der Waals surface area contributed by atoms with Gasteiger partial charge in [-0.3, -0.25) is 0 Å². The fourth-order valence-electron chi connectivity index (χ4n) is 3.40. The van der Waals surface area contributed by atoms with Crippen LogP contribution in [0.2, 0.25) is 5.02 Å². The molecule has 1 aliphatic rings. The minimum Gasteiger partial charge on any atom is -0.324 e. The third-order valence-corrected chi connectivity index (χ3v) is 5.12. The third kappa shape index (κ3) is 3.41. The van der Waals surface area contributed by atoms with Crippen LogP contribution in [0.5, 0.6) is 0 Å². The molecule has 0 saturated heterocycles. The van der Waals surface area contributed by atoms with Gasteiger partial charge in [0.15, 0.2) is 5.82 Å². The zero-order valence-corrected chi connectivity index (χ0v) is 16.0. The van der Waals surface area contributed by atoms with Gasteiger partial charge in [0, 0.05) is 16.3 Å². The SMILES string of the molecule is Fc1ccc(C2=C[C@@H](c3ccccc3)n3nc(-c4ccc(Cl)cc4)nc3N2)cc1. The summed E-state index contributed by atoms with van der Waals surface area (Å²) in [4.78, 5) is 4.70. The molecule has 1 N–H and O–H groups in total. The highest BCUT2D eigenvalue weighted by atomic mass is 35.5. The lowest BCUT2D eigenvalue weighted by atomic mass is 10.0. The van der Waals surface area contributed by atoms with E-state index >= 15 is 0 Å². The average molecular weight is 403 g/mol. The molecule has 5 rings (SSSR count). The van der Waals surface area contributed by atoms with E-state index in [1.165, 1.54) is 12.1 Å². The van der Waals surface area contributed by atoms with E-state index in [2.05, 4.69) is 23.5 Å². The molecule has 1 aromatic heterocycles. The van der Waals surface area contributed by atoms with Crippen LogP contribution in [-0.4, -0.2) is 14.8 Å². The van der Waals surface area contributed by atoms with Crippen molar-refractivity contribution in [3.63, 3.8) is 0 Å². The molecule has 0 saturated carbocycles. The van der Waals surface area contributed by atoms with Crippen molar-refractivity contribution in [1.82, 2.24) is 14.8 Å². The van der Waals surface area contributed by atoms with Crippen molar-refractivity contribution in [1.29, 1.82) is 0 Å². The molecule has 0 aliphatic carbocycles. The van der Waals surface area contributed by atoms with Crippen molar-refractivity contribution in [2.45, 2.75) is 6.04 Å². The number of nitrogens with one attached hydrogen (secondary N) is 1. The summed E-state index contributed by atoms with van der Waals surface area (Å²) in [6.45, 7) is 0. The molecule has 4 nitrogen and oxygen atoms in total. The van der Waals surface area contributed by atoms with Crippen molar-refractivity contribution < 1.29 is 4.39 Å². The Hall–Kier alpha value is -3.44. The lowest BCUT2D eigenvalue weighted by Crippen LogP contribution is -2.20. The number of nitrogens with zero attached hydrogens (tertiary/aromatic N) is 3. The van der Waals surface area contributed by atoms with Gasteiger partial charge in [0.1, 0.15) is 11.9 Å². The van der Waals surface area contributed by atoms with Gasteiger partial charge in [-0.1, -0.05) is 41.9 Å². The molecular weight excluding hydrogens is 387 g/mol. The second-order valence-corrected chi connectivity index (χ2v) is 7.21. The van der Waals surface area contributed by atoms with Gasteiger partial charge in [-0.15, -0.1) is 5.10 Å². The van der Waals surface area contributed by atoms with Crippen LogP contribution in [0.15, 0.2) is 84.9 Å². The maximum Gasteiger partial charge on any atom is 0.227 e. The Balaban J connectivity index is 1.61. The molecule has 0 radical (unpaired) electrons. The average Bonchev–Trinajstić information content (AvgIpc) is 3.19. The van der Waals surface area contributed by atoms with Crippen molar-refractivity contribution in [3.05, 3.63) is 107 Å². The molecule has 3 aromatic carbocycles. The summed E-state index contributed by atoms with van der Waals surface area (Å²) in [5, 5.41) is 8.75. The molecule has 0 amide bonds. The molecule has 0 fully saturated rings. The minimum absolute atomic E-state index is 0.138. The molecule has 0 bridgehead atoms. The first-order valence-corrected chi connectivity index (χ1v) is 9.57. The first kappa shape index (κ1) is 17.6. The van der Waals surface area contributed by atoms with Crippen LogP contribution in [0.25, 0.3) is 17.1 Å². The molecule has 0 unspecified atom stereocenters. The summed E-state index contributed by atoms with van der Waals surface area (Å²) in [6.07, 6.45) is 2.08. The summed E-state index contributed by atoms with van der Waals surface area (Å²) in [7, 11) is 0. The first-order chi connectivity index (χ1) is 14.2. The summed E-state index contributed by atoms with van der Waals surface area (Å²) in [5.41, 5.74) is 3.71. The summed E-state index contributed by atoms with van der Waals surface area (Å²) < 4.78 is 15.2. The standard InChI is InChI=1S/C23H16ClFN4/c24-18-10-6-17(7-11-18)22-27-23-26-20(15-8-12-19(25)13-9-15)14-21(29(23)28-22)16-4-2-1-3-5-16/h1-14,21H,(H,26,27,28)/t21-/m0/s1. The fraction of sp³-hybridized carbons (Fsp3) is 0.0435. The molecule has 4 aromatic rings. The van der Waals surface area contributed by atoms with Gasteiger partial charge < -0.3 is 5.32 Å². The molecular formula is C23H16ClFN4. The lowest BCUT2D eigenvalue weighted by molar-refractivity contribution is 0.613. The fourth-order valence-corrected chi connectivity index (χ4v) is 3.53. The van der Waals surface area contributed by atoms with Crippen LogP contribution in [-0.2, 0) is 0 Å². The largest absolute Gasteiger partial charge is 0.324 e. The van der Waals surface area contributed by atoms with Gasteiger partial charge in [0.2, 0.25) is 5.95 Å². The number of hydrogen-bond donors (Lipinski definition) is 1. The van der Waals surface area contributed by atoms with Crippen LogP contribution in [0.3, 0.4) is 0 Å². The van der Waals surface area contributed by atoms with Gasteiger partial charge >= 0.3 is 0 Å². The zero-order chi connectivity index (χ0) is 19.8. The Morgan fingerprint density at radius 1 is 0.862 bits per heavy atom. The Morgan fingerprint density at radius 2 is 1.55 bits per heavy atom. The highest BCUT2D eigenvalue weighted by Gasteiger charge is 2.25. The number of benzene rings is 3. The third-order valence-electron chi connectivity index (χ3n) is 4.86. The monoisotopic (exact) mass is 402 g/mol. The number of rotatable bonds is 3. The van der Waals surface area contributed by atoms with Crippen molar-refractivity contribution >= 4 is 23.2 Å². The zero-order valence-electron chi connectivity index (χ0n) is 15.3. The van der Waals surface area contributed by atoms with E-state index in [-0.39, 0.29) is 11.9 Å². The normalized spacial score (nSPS) is 15.4. The number of fused-ring (bicyclic) bond motifs is 1. The van der Waals surface area contributed by atoms with E-state index < -0.39 is 0 Å². The van der Waals surface area contributed by atoms with Crippen molar-refractivity contribution in [2.24, 2.45) is 0 Å². The second-order valence-electron chi connectivity index (χ2n) is 6.78. The van der Waals surface area contributed by atoms with Crippen LogP contribution < -0.4 is 5.32 Å². The minimum atomic E-state index is -0.266. The number of aromatic nitrogens is 3. The van der Waals surface area contributed by atoms with Crippen LogP contribution in [0.1, 0.15) is 17.2 Å². The highest BCUT2D eigenvalue weighted by Crippen LogP contribution is 2.34. The summed E-state index contributed by atoms with van der Waals surface area (Å²) >= 11 is 6.01. The van der Waals surface area contributed by atoms with E-state index in [0.29, 0.717) is 16.8 Å². The number of hydrogen-bond acceptors (Lipinski definition) is 3. The predicted octanol–water partition coefficient (Wildman–Crippen LogP) is 5.79. The predicted molar refractivity (Wildman–Crippen MR) is 113 cm³/mol. The van der Waals surface area contributed by atoms with Crippen molar-refractivity contribution in [3.8, 4) is 11.4 Å². The van der Waals surface area contributed by atoms with Crippen LogP contribution >= 0.6 is 11.6 Å². The smallest absolute Gasteiger partial charge is 0.227 e. The van der Waals surface area contributed by atoms with Gasteiger partial charge in [-0.2, -0.15) is 4.98 Å². The lowest BCUT2D eigenvalue weighted by Gasteiger charge is -2.24. The van der Waals surface area contributed by atoms with Crippen molar-refractivity contribution in [2.75, 3.05) is 5.32 Å². The molecule has 0 spiro atoms. The van der Waals surface area contributed by atoms with Crippen LogP contribution in [0.4, 0.5) is 10.3 Å². The molecule has 6 heteroatoms. The van der Waals surface area contributed by atoms with E-state index in [9.17, 15) is 4.39 Å². The van der Waals surface area contributed by atoms with Gasteiger partial charge in [0.05, 0.1) is 0 Å². The Kier molecular flexibility index (Phi) is 4.37. The maximum atomic E-state index is 13.4. The Labute approximate surface area is 172 Å². The quantitative estimate of drug-likeness (QED) is 0.471. The topological polar surface area (TPSA) is 42.7 Å². The molecule has 29 heavy (non-hydrogen) atoms. The van der Waals surface area contributed by atoms with E-state index in [1.807, 2.05) is 47.1 Å². The maximum absolute atomic E-state index is 13.4. The summed E-state index contributed by atoms with van der Waals surface area (Å²) in [5.74, 6) is 0.974. The highest BCUT2D eigenvalue weighted by molar-refractivity contribution is 6.30. The number of halogens is 2. The molecule has 1 atom stereocenters. The van der Waals surface area contributed by atoms with Gasteiger partial charge in [0.25, 0.3) is 0 Å². The molecule has 1 aliphatic heterocycles. The van der Waals surface area contributed by atoms with Gasteiger partial charge in [-0.05, 0) is 65.7 Å². The van der Waals surface area contributed by atoms with E-state index in [4.69, 9.17) is 21.7 Å². The number of anilines is 1. The summed E-state index contributed by atoms with van der Waals surface area (Å²) in [6, 6.07) is 23.8.